The van der Waals surface area contributed by atoms with Crippen molar-refractivity contribution < 1.29 is 19.1 Å². The molecular weight excluding hydrogens is 320 g/mol. The highest BCUT2D eigenvalue weighted by atomic mass is 16.5. The minimum absolute atomic E-state index is 0.205. The molecule has 6 nitrogen and oxygen atoms in total. The molecule has 2 rings (SSSR count). The van der Waals surface area contributed by atoms with Gasteiger partial charge in [-0.05, 0) is 17.7 Å². The van der Waals surface area contributed by atoms with Gasteiger partial charge in [-0.15, -0.1) is 0 Å². The first-order chi connectivity index (χ1) is 12.2. The lowest BCUT2D eigenvalue weighted by Crippen LogP contribution is -2.24. The Hall–Kier alpha value is -3.33. The van der Waals surface area contributed by atoms with Gasteiger partial charge in [0.15, 0.2) is 0 Å². The summed E-state index contributed by atoms with van der Waals surface area (Å²) in [5, 5.41) is 2.63. The molecule has 0 atom stereocenters. The molecule has 128 valence electrons. The van der Waals surface area contributed by atoms with Gasteiger partial charge < -0.3 is 14.8 Å². The fourth-order valence-corrected chi connectivity index (χ4v) is 1.89. The highest BCUT2D eigenvalue weighted by Crippen LogP contribution is 2.02. The zero-order chi connectivity index (χ0) is 17.9. The monoisotopic (exact) mass is 338 g/mol. The van der Waals surface area contributed by atoms with Crippen LogP contribution in [0.2, 0.25) is 0 Å². The number of amides is 1. The molecule has 0 fully saturated rings. The van der Waals surface area contributed by atoms with E-state index in [0.717, 1.165) is 5.56 Å². The van der Waals surface area contributed by atoms with Crippen LogP contribution in [0.1, 0.15) is 28.0 Å². The first-order valence-corrected chi connectivity index (χ1v) is 7.67. The first-order valence-electron chi connectivity index (χ1n) is 7.67. The van der Waals surface area contributed by atoms with Gasteiger partial charge in [0, 0.05) is 24.7 Å². The van der Waals surface area contributed by atoms with Crippen molar-refractivity contribution in [1.82, 2.24) is 10.3 Å². The fourth-order valence-electron chi connectivity index (χ4n) is 1.89. The minimum Gasteiger partial charge on any atom is -0.464 e. The van der Waals surface area contributed by atoms with E-state index in [1.165, 1.54) is 13.3 Å². The summed E-state index contributed by atoms with van der Waals surface area (Å²) < 4.78 is 9.69. The van der Waals surface area contributed by atoms with Crippen molar-refractivity contribution in [3.8, 4) is 11.8 Å². The number of hydrogen-bond acceptors (Lipinski definition) is 5. The normalized spacial score (nSPS) is 9.48. The smallest absolute Gasteiger partial charge is 0.407 e. The Balaban J connectivity index is 1.72. The second kappa shape index (κ2) is 9.73. The van der Waals surface area contributed by atoms with E-state index >= 15 is 0 Å². The molecule has 1 amide bonds. The van der Waals surface area contributed by atoms with E-state index in [9.17, 15) is 9.59 Å². The third-order valence-electron chi connectivity index (χ3n) is 3.12. The zero-order valence-electron chi connectivity index (χ0n) is 13.8. The lowest BCUT2D eigenvalue weighted by Gasteiger charge is -2.05. The summed E-state index contributed by atoms with van der Waals surface area (Å²) in [6, 6.07) is 12.7. The molecule has 0 aliphatic heterocycles. The molecule has 0 aliphatic rings. The maximum atomic E-state index is 11.6. The van der Waals surface area contributed by atoms with E-state index in [4.69, 9.17) is 4.74 Å². The number of pyridine rings is 1. The Morgan fingerprint density at radius 1 is 1.20 bits per heavy atom. The van der Waals surface area contributed by atoms with Crippen LogP contribution in [0, 0.1) is 11.8 Å². The van der Waals surface area contributed by atoms with Gasteiger partial charge in [0.2, 0.25) is 0 Å². The molecule has 1 heterocycles. The van der Waals surface area contributed by atoms with Gasteiger partial charge in [0.25, 0.3) is 0 Å². The summed E-state index contributed by atoms with van der Waals surface area (Å²) in [7, 11) is 1.30. The summed E-state index contributed by atoms with van der Waals surface area (Å²) in [6.07, 6.45) is 1.47. The van der Waals surface area contributed by atoms with Gasteiger partial charge in [-0.3, -0.25) is 0 Å². The van der Waals surface area contributed by atoms with E-state index in [-0.39, 0.29) is 12.3 Å². The fraction of sp³-hybridized carbons (Fsp3) is 0.211. The molecule has 0 aliphatic carbocycles. The van der Waals surface area contributed by atoms with Crippen molar-refractivity contribution in [2.75, 3.05) is 13.7 Å². The van der Waals surface area contributed by atoms with E-state index in [1.54, 1.807) is 12.1 Å². The van der Waals surface area contributed by atoms with Crippen LogP contribution in [0.25, 0.3) is 0 Å². The molecule has 0 spiro atoms. The van der Waals surface area contributed by atoms with Crippen LogP contribution in [0.4, 0.5) is 4.79 Å². The third kappa shape index (κ3) is 6.36. The zero-order valence-corrected chi connectivity index (χ0v) is 13.8. The second-order valence-electron chi connectivity index (χ2n) is 4.96. The van der Waals surface area contributed by atoms with E-state index in [2.05, 4.69) is 26.9 Å². The number of benzene rings is 1. The van der Waals surface area contributed by atoms with Gasteiger partial charge in [0.05, 0.1) is 7.11 Å². The van der Waals surface area contributed by atoms with Crippen LogP contribution in [-0.4, -0.2) is 30.7 Å². The quantitative estimate of drug-likeness (QED) is 0.515. The molecule has 0 bridgehead atoms. The third-order valence-corrected chi connectivity index (χ3v) is 3.12. The highest BCUT2D eigenvalue weighted by molar-refractivity contribution is 5.87. The lowest BCUT2D eigenvalue weighted by atomic mass is 10.2. The molecule has 1 aromatic carbocycles. The van der Waals surface area contributed by atoms with E-state index in [0.29, 0.717) is 18.5 Å². The maximum Gasteiger partial charge on any atom is 0.407 e. The lowest BCUT2D eigenvalue weighted by molar-refractivity contribution is 0.0594. The first kappa shape index (κ1) is 18.0. The number of nitrogens with one attached hydrogen (secondary N) is 1. The van der Waals surface area contributed by atoms with Crippen LogP contribution in [0.5, 0.6) is 0 Å². The number of ether oxygens (including phenoxy) is 2. The van der Waals surface area contributed by atoms with Crippen LogP contribution in [0.15, 0.2) is 48.7 Å². The number of esters is 1. The summed E-state index contributed by atoms with van der Waals surface area (Å²) in [4.78, 5) is 26.9. The minimum atomic E-state index is -0.508. The molecule has 2 aromatic rings. The highest BCUT2D eigenvalue weighted by Gasteiger charge is 2.06. The van der Waals surface area contributed by atoms with Crippen LogP contribution >= 0.6 is 0 Å². The van der Waals surface area contributed by atoms with E-state index < -0.39 is 12.1 Å². The van der Waals surface area contributed by atoms with Crippen LogP contribution in [0.3, 0.4) is 0 Å². The average molecular weight is 338 g/mol. The summed E-state index contributed by atoms with van der Waals surface area (Å²) in [6.45, 7) is 0.598. The van der Waals surface area contributed by atoms with Crippen molar-refractivity contribution in [3.63, 3.8) is 0 Å². The number of hydrogen-bond donors (Lipinski definition) is 1. The summed E-state index contributed by atoms with van der Waals surface area (Å²) in [5.41, 5.74) is 1.79. The molecule has 1 N–H and O–H groups in total. The van der Waals surface area contributed by atoms with Crippen molar-refractivity contribution in [2.45, 2.75) is 13.0 Å². The molecule has 6 heteroatoms. The Kier molecular flexibility index (Phi) is 7.01. The van der Waals surface area contributed by atoms with Crippen molar-refractivity contribution in [1.29, 1.82) is 0 Å². The number of aromatic nitrogens is 1. The Bertz CT molecular complexity index is 779. The molecule has 1 aromatic heterocycles. The number of alkyl carbamates (subject to hydrolysis) is 1. The average Bonchev–Trinajstić information content (AvgIpc) is 2.66. The maximum absolute atomic E-state index is 11.6. The van der Waals surface area contributed by atoms with Gasteiger partial charge >= 0.3 is 12.1 Å². The molecule has 0 saturated carbocycles. The van der Waals surface area contributed by atoms with Gasteiger partial charge in [0.1, 0.15) is 12.3 Å². The second-order valence-corrected chi connectivity index (χ2v) is 4.96. The predicted molar refractivity (Wildman–Crippen MR) is 91.7 cm³/mol. The number of carbonyl (C=O) groups excluding carboxylic acids is 2. The van der Waals surface area contributed by atoms with Crippen molar-refractivity contribution in [3.05, 3.63) is 65.5 Å². The van der Waals surface area contributed by atoms with Gasteiger partial charge in [-0.1, -0.05) is 42.2 Å². The SMILES string of the molecule is COC(=O)c1cc(C#CCCNC(=O)OCc2ccccc2)ccn1. The number of carbonyl (C=O) groups is 2. The number of rotatable bonds is 5. The Morgan fingerprint density at radius 3 is 2.76 bits per heavy atom. The molecule has 0 radical (unpaired) electrons. The Labute approximate surface area is 146 Å². The standard InChI is InChI=1S/C19H18N2O4/c1-24-18(22)17-13-15(10-12-20-17)7-5-6-11-21-19(23)25-14-16-8-3-2-4-9-16/h2-4,8-10,12-13H,6,11,14H2,1H3,(H,21,23). The molecule has 0 saturated heterocycles. The number of methoxy groups -OCH3 is 1. The Morgan fingerprint density at radius 2 is 2.00 bits per heavy atom. The predicted octanol–water partition coefficient (Wildman–Crippen LogP) is 2.54. The van der Waals surface area contributed by atoms with E-state index in [1.807, 2.05) is 30.3 Å². The number of nitrogens with zero attached hydrogens (tertiary/aromatic N) is 1. The molecular formula is C19H18N2O4. The summed E-state index contributed by atoms with van der Waals surface area (Å²) in [5.74, 6) is 5.31. The summed E-state index contributed by atoms with van der Waals surface area (Å²) >= 11 is 0. The topological polar surface area (TPSA) is 77.5 Å². The van der Waals surface area contributed by atoms with Gasteiger partial charge in [-0.2, -0.15) is 0 Å². The van der Waals surface area contributed by atoms with Gasteiger partial charge in [-0.25, -0.2) is 14.6 Å². The van der Waals surface area contributed by atoms with Crippen molar-refractivity contribution in [2.24, 2.45) is 0 Å². The largest absolute Gasteiger partial charge is 0.464 e. The molecule has 25 heavy (non-hydrogen) atoms. The molecule has 0 unspecified atom stereocenters. The van der Waals surface area contributed by atoms with Crippen LogP contribution in [-0.2, 0) is 16.1 Å². The van der Waals surface area contributed by atoms with Crippen molar-refractivity contribution >= 4 is 12.1 Å². The van der Waals surface area contributed by atoms with Crippen LogP contribution < -0.4 is 5.32 Å².